The van der Waals surface area contributed by atoms with E-state index in [0.717, 1.165) is 29.7 Å². The monoisotopic (exact) mass is 530 g/mol. The molecule has 0 radical (unpaired) electrons. The Bertz CT molecular complexity index is 1270. The highest BCUT2D eigenvalue weighted by Gasteiger charge is 2.28. The Labute approximate surface area is 217 Å². The molecule has 35 heavy (non-hydrogen) atoms. The minimum atomic E-state index is -0.556. The highest BCUT2D eigenvalue weighted by Crippen LogP contribution is 2.40. The molecule has 0 spiro atoms. The van der Waals surface area contributed by atoms with Crippen molar-refractivity contribution in [2.45, 2.75) is 26.2 Å². The van der Waals surface area contributed by atoms with Gasteiger partial charge in [0.05, 0.1) is 33.3 Å². The van der Waals surface area contributed by atoms with Crippen LogP contribution in [0, 0.1) is 5.92 Å². The molecule has 2 amide bonds. The molecule has 1 aliphatic carbocycles. The summed E-state index contributed by atoms with van der Waals surface area (Å²) < 4.78 is 5.25. The molecule has 1 aliphatic rings. The predicted octanol–water partition coefficient (Wildman–Crippen LogP) is 6.02. The molecule has 1 heterocycles. The molecule has 182 valence electrons. The second kappa shape index (κ2) is 11.2. The van der Waals surface area contributed by atoms with Crippen molar-refractivity contribution in [1.82, 2.24) is 5.32 Å². The molecule has 0 aliphatic heterocycles. The molecule has 6 nitrogen and oxygen atoms in total. The Hall–Kier alpha value is -2.87. The van der Waals surface area contributed by atoms with Crippen molar-refractivity contribution in [3.05, 3.63) is 85.7 Å². The lowest BCUT2D eigenvalue weighted by Crippen LogP contribution is -2.30. The highest BCUT2D eigenvalue weighted by atomic mass is 35.5. The number of halogens is 2. The number of thiophene rings is 1. The maximum atomic E-state index is 13.2. The molecule has 1 unspecified atom stereocenters. The van der Waals surface area contributed by atoms with Crippen LogP contribution in [0.15, 0.2) is 48.5 Å². The lowest BCUT2D eigenvalue weighted by Gasteiger charge is -2.18. The standard InChI is InChI=1S/C26H24Cl2N2O4S/c1-15-10-11-18-21(14-15)35-25(30-23(31)16-6-2-4-8-19(16)27)22(18)24(32)29-12-13-34-26(33)17-7-3-5-9-20(17)28/h2-9,15H,10-14H2,1H3,(H,29,32)(H,30,31). The molecule has 0 bridgehead atoms. The van der Waals surface area contributed by atoms with Crippen LogP contribution in [-0.2, 0) is 17.6 Å². The van der Waals surface area contributed by atoms with E-state index < -0.39 is 5.97 Å². The van der Waals surface area contributed by atoms with Crippen LogP contribution >= 0.6 is 34.5 Å². The van der Waals surface area contributed by atoms with E-state index in [9.17, 15) is 14.4 Å². The van der Waals surface area contributed by atoms with Crippen molar-refractivity contribution in [3.63, 3.8) is 0 Å². The molecule has 0 saturated carbocycles. The van der Waals surface area contributed by atoms with E-state index in [0.29, 0.717) is 32.1 Å². The van der Waals surface area contributed by atoms with Gasteiger partial charge in [-0.1, -0.05) is 54.4 Å². The van der Waals surface area contributed by atoms with Crippen molar-refractivity contribution in [1.29, 1.82) is 0 Å². The van der Waals surface area contributed by atoms with E-state index in [4.69, 9.17) is 27.9 Å². The van der Waals surface area contributed by atoms with Crippen LogP contribution in [0.4, 0.5) is 5.00 Å². The van der Waals surface area contributed by atoms with Gasteiger partial charge < -0.3 is 15.4 Å². The molecule has 1 atom stereocenters. The molecule has 2 N–H and O–H groups in total. The third-order valence-electron chi connectivity index (χ3n) is 5.80. The van der Waals surface area contributed by atoms with Crippen LogP contribution in [0.2, 0.25) is 10.0 Å². The average Bonchev–Trinajstić information content (AvgIpc) is 3.18. The van der Waals surface area contributed by atoms with Gasteiger partial charge >= 0.3 is 5.97 Å². The Morgan fingerprint density at radius 3 is 2.34 bits per heavy atom. The zero-order chi connectivity index (χ0) is 24.9. The Morgan fingerprint density at radius 2 is 1.66 bits per heavy atom. The van der Waals surface area contributed by atoms with Gasteiger partial charge in [0.15, 0.2) is 0 Å². The number of carbonyl (C=O) groups excluding carboxylic acids is 3. The topological polar surface area (TPSA) is 84.5 Å². The number of nitrogens with one attached hydrogen (secondary N) is 2. The largest absolute Gasteiger partial charge is 0.460 e. The summed E-state index contributed by atoms with van der Waals surface area (Å²) in [4.78, 5) is 39.4. The van der Waals surface area contributed by atoms with Gasteiger partial charge in [-0.3, -0.25) is 9.59 Å². The third kappa shape index (κ3) is 5.86. The van der Waals surface area contributed by atoms with Gasteiger partial charge in [-0.25, -0.2) is 4.79 Å². The summed E-state index contributed by atoms with van der Waals surface area (Å²) in [6.45, 7) is 2.28. The molecule has 1 aromatic heterocycles. The van der Waals surface area contributed by atoms with Crippen molar-refractivity contribution in [2.75, 3.05) is 18.5 Å². The van der Waals surface area contributed by atoms with Crippen molar-refractivity contribution >= 4 is 57.3 Å². The van der Waals surface area contributed by atoms with E-state index in [1.807, 2.05) is 0 Å². The van der Waals surface area contributed by atoms with Gasteiger partial charge in [0.2, 0.25) is 0 Å². The Morgan fingerprint density at radius 1 is 1.00 bits per heavy atom. The number of amides is 2. The number of benzene rings is 2. The maximum Gasteiger partial charge on any atom is 0.339 e. The van der Waals surface area contributed by atoms with Crippen molar-refractivity contribution in [3.8, 4) is 0 Å². The van der Waals surface area contributed by atoms with Crippen LogP contribution in [0.3, 0.4) is 0 Å². The van der Waals surface area contributed by atoms with E-state index in [-0.39, 0.29) is 30.5 Å². The SMILES string of the molecule is CC1CCc2c(sc(NC(=O)c3ccccc3Cl)c2C(=O)NCCOC(=O)c2ccccc2Cl)C1. The third-order valence-corrected chi connectivity index (χ3v) is 7.63. The summed E-state index contributed by atoms with van der Waals surface area (Å²) in [6.07, 6.45) is 2.59. The number of fused-ring (bicyclic) bond motifs is 1. The lowest BCUT2D eigenvalue weighted by molar-refractivity contribution is 0.0503. The molecule has 2 aromatic carbocycles. The molecular formula is C26H24Cl2N2O4S. The fourth-order valence-corrected chi connectivity index (χ4v) is 5.83. The average molecular weight is 531 g/mol. The Balaban J connectivity index is 1.46. The molecular weight excluding hydrogens is 507 g/mol. The second-order valence-electron chi connectivity index (χ2n) is 8.36. The summed E-state index contributed by atoms with van der Waals surface area (Å²) >= 11 is 13.6. The van der Waals surface area contributed by atoms with Gasteiger partial charge in [0.1, 0.15) is 11.6 Å². The number of esters is 1. The number of hydrogen-bond donors (Lipinski definition) is 2. The predicted molar refractivity (Wildman–Crippen MR) is 139 cm³/mol. The van der Waals surface area contributed by atoms with E-state index in [1.165, 1.54) is 11.3 Å². The van der Waals surface area contributed by atoms with Crippen LogP contribution < -0.4 is 10.6 Å². The summed E-state index contributed by atoms with van der Waals surface area (Å²) in [6, 6.07) is 13.4. The zero-order valence-electron chi connectivity index (χ0n) is 19.0. The fraction of sp³-hybridized carbons (Fsp3) is 0.269. The second-order valence-corrected chi connectivity index (χ2v) is 10.3. The highest BCUT2D eigenvalue weighted by molar-refractivity contribution is 7.17. The molecule has 3 aromatic rings. The van der Waals surface area contributed by atoms with Gasteiger partial charge in [-0.15, -0.1) is 11.3 Å². The summed E-state index contributed by atoms with van der Waals surface area (Å²) in [5, 5.41) is 6.85. The van der Waals surface area contributed by atoms with E-state index in [2.05, 4.69) is 17.6 Å². The number of ether oxygens (including phenoxy) is 1. The first-order chi connectivity index (χ1) is 16.8. The maximum absolute atomic E-state index is 13.2. The zero-order valence-corrected chi connectivity index (χ0v) is 21.4. The molecule has 4 rings (SSSR count). The smallest absolute Gasteiger partial charge is 0.339 e. The quantitative estimate of drug-likeness (QED) is 0.289. The summed E-state index contributed by atoms with van der Waals surface area (Å²) in [5.41, 5.74) is 2.04. The van der Waals surface area contributed by atoms with Crippen LogP contribution in [0.1, 0.15) is 54.9 Å². The van der Waals surface area contributed by atoms with E-state index >= 15 is 0 Å². The van der Waals surface area contributed by atoms with Gasteiger partial charge in [0.25, 0.3) is 11.8 Å². The van der Waals surface area contributed by atoms with Gasteiger partial charge in [-0.2, -0.15) is 0 Å². The first kappa shape index (κ1) is 25.2. The number of hydrogen-bond acceptors (Lipinski definition) is 5. The number of carbonyl (C=O) groups is 3. The lowest BCUT2D eigenvalue weighted by atomic mass is 9.88. The molecule has 9 heteroatoms. The van der Waals surface area contributed by atoms with Crippen LogP contribution in [-0.4, -0.2) is 30.9 Å². The Kier molecular flexibility index (Phi) is 8.11. The van der Waals surface area contributed by atoms with E-state index in [1.54, 1.807) is 48.5 Å². The van der Waals surface area contributed by atoms with Crippen molar-refractivity contribution < 1.29 is 19.1 Å². The van der Waals surface area contributed by atoms with Crippen LogP contribution in [0.5, 0.6) is 0 Å². The van der Waals surface area contributed by atoms with Crippen LogP contribution in [0.25, 0.3) is 0 Å². The first-order valence-electron chi connectivity index (χ1n) is 11.3. The minimum Gasteiger partial charge on any atom is -0.460 e. The minimum absolute atomic E-state index is 0.0134. The van der Waals surface area contributed by atoms with Gasteiger partial charge in [0, 0.05) is 4.88 Å². The fourth-order valence-electron chi connectivity index (χ4n) is 4.00. The normalized spacial score (nSPS) is 14.7. The summed E-state index contributed by atoms with van der Waals surface area (Å²) in [5.74, 6) is -0.738. The molecule has 0 saturated heterocycles. The number of anilines is 1. The number of rotatable bonds is 7. The summed E-state index contributed by atoms with van der Waals surface area (Å²) in [7, 11) is 0. The molecule has 0 fully saturated rings. The van der Waals surface area contributed by atoms with Crippen molar-refractivity contribution in [2.24, 2.45) is 5.92 Å². The van der Waals surface area contributed by atoms with Gasteiger partial charge in [-0.05, 0) is 55.0 Å². The first-order valence-corrected chi connectivity index (χ1v) is 12.8.